The highest BCUT2D eigenvalue weighted by Gasteiger charge is 2.25. The maximum Gasteiger partial charge on any atom is 0.336 e. The predicted molar refractivity (Wildman–Crippen MR) is 58.1 cm³/mol. The molecule has 0 aromatic heterocycles. The Balaban J connectivity index is 3.30. The molecule has 4 nitrogen and oxygen atoms in total. The summed E-state index contributed by atoms with van der Waals surface area (Å²) < 4.78 is 25.9. The van der Waals surface area contributed by atoms with Crippen LogP contribution in [0.2, 0.25) is 0 Å². The number of aromatic carboxylic acids is 1. The summed E-state index contributed by atoms with van der Waals surface area (Å²) in [7, 11) is 0. The average Bonchev–Trinajstić information content (AvgIpc) is 2.29. The van der Waals surface area contributed by atoms with E-state index in [2.05, 4.69) is 15.9 Å². The van der Waals surface area contributed by atoms with Gasteiger partial charge in [-0.2, -0.15) is 0 Å². The SMILES string of the molecule is O=C(O)c1cc(F)c(F)cc1C(O)C(O)CBr. The summed E-state index contributed by atoms with van der Waals surface area (Å²) in [5.74, 6) is -4.13. The lowest BCUT2D eigenvalue weighted by Gasteiger charge is -2.18. The largest absolute Gasteiger partial charge is 0.478 e. The van der Waals surface area contributed by atoms with Crippen molar-refractivity contribution in [2.24, 2.45) is 0 Å². The van der Waals surface area contributed by atoms with Crippen LogP contribution in [-0.2, 0) is 0 Å². The Morgan fingerprint density at radius 3 is 2.29 bits per heavy atom. The number of alkyl halides is 1. The maximum atomic E-state index is 13.0. The van der Waals surface area contributed by atoms with Crippen LogP contribution in [0.3, 0.4) is 0 Å². The predicted octanol–water partition coefficient (Wildman–Crippen LogP) is 1.45. The van der Waals surface area contributed by atoms with Crippen LogP contribution in [0, 0.1) is 11.6 Å². The highest BCUT2D eigenvalue weighted by molar-refractivity contribution is 9.09. The van der Waals surface area contributed by atoms with Gasteiger partial charge >= 0.3 is 5.97 Å². The molecule has 1 aromatic rings. The fraction of sp³-hybridized carbons (Fsp3) is 0.300. The van der Waals surface area contributed by atoms with E-state index in [9.17, 15) is 23.8 Å². The van der Waals surface area contributed by atoms with E-state index in [0.29, 0.717) is 12.1 Å². The van der Waals surface area contributed by atoms with Gasteiger partial charge in [0.25, 0.3) is 0 Å². The Hall–Kier alpha value is -1.05. The molecule has 0 saturated carbocycles. The van der Waals surface area contributed by atoms with Crippen LogP contribution in [0.15, 0.2) is 12.1 Å². The number of hydrogen-bond acceptors (Lipinski definition) is 3. The molecule has 0 fully saturated rings. The van der Waals surface area contributed by atoms with E-state index in [1.54, 1.807) is 0 Å². The molecular formula is C10H9BrF2O4. The van der Waals surface area contributed by atoms with Gasteiger partial charge in [-0.1, -0.05) is 15.9 Å². The summed E-state index contributed by atoms with van der Waals surface area (Å²) in [6.07, 6.45) is -2.94. The first kappa shape index (κ1) is 14.0. The normalized spacial score (nSPS) is 14.4. The number of benzene rings is 1. The van der Waals surface area contributed by atoms with Crippen LogP contribution < -0.4 is 0 Å². The average molecular weight is 311 g/mol. The van der Waals surface area contributed by atoms with Gasteiger partial charge in [0, 0.05) is 10.9 Å². The number of hydrogen-bond donors (Lipinski definition) is 3. The van der Waals surface area contributed by atoms with Crippen LogP contribution in [-0.4, -0.2) is 32.7 Å². The third kappa shape index (κ3) is 2.99. The van der Waals surface area contributed by atoms with Gasteiger partial charge in [0.15, 0.2) is 11.6 Å². The Labute approximate surface area is 104 Å². The Bertz CT molecular complexity index is 439. The number of halogens is 3. The van der Waals surface area contributed by atoms with Crippen molar-refractivity contribution in [1.82, 2.24) is 0 Å². The zero-order valence-electron chi connectivity index (χ0n) is 8.40. The zero-order valence-corrected chi connectivity index (χ0v) is 9.99. The second-order valence-corrected chi connectivity index (χ2v) is 3.97. The van der Waals surface area contributed by atoms with Crippen molar-refractivity contribution >= 4 is 21.9 Å². The molecule has 1 rings (SSSR count). The lowest BCUT2D eigenvalue weighted by Crippen LogP contribution is -2.22. The molecule has 0 spiro atoms. The first-order chi connectivity index (χ1) is 7.88. The van der Waals surface area contributed by atoms with Crippen molar-refractivity contribution in [3.8, 4) is 0 Å². The second-order valence-electron chi connectivity index (χ2n) is 3.33. The molecule has 0 heterocycles. The molecule has 94 valence electrons. The lowest BCUT2D eigenvalue weighted by atomic mass is 9.99. The van der Waals surface area contributed by atoms with Crippen LogP contribution in [0.1, 0.15) is 22.0 Å². The third-order valence-corrected chi connectivity index (χ3v) is 2.83. The van der Waals surface area contributed by atoms with E-state index in [0.717, 1.165) is 0 Å². The van der Waals surface area contributed by atoms with Gasteiger partial charge in [-0.05, 0) is 12.1 Å². The van der Waals surface area contributed by atoms with Crippen molar-refractivity contribution in [3.63, 3.8) is 0 Å². The van der Waals surface area contributed by atoms with Crippen LogP contribution in [0.5, 0.6) is 0 Å². The van der Waals surface area contributed by atoms with Gasteiger partial charge < -0.3 is 15.3 Å². The summed E-state index contributed by atoms with van der Waals surface area (Å²) in [5, 5.41) is 27.7. The minimum atomic E-state index is -1.62. The summed E-state index contributed by atoms with van der Waals surface area (Å²) in [6.45, 7) is 0. The Kier molecular flexibility index (Phi) is 4.55. The molecule has 17 heavy (non-hydrogen) atoms. The van der Waals surface area contributed by atoms with Crippen molar-refractivity contribution in [1.29, 1.82) is 0 Å². The first-order valence-electron chi connectivity index (χ1n) is 4.52. The van der Waals surface area contributed by atoms with Gasteiger partial charge in [0.1, 0.15) is 6.10 Å². The molecule has 0 aliphatic heterocycles. The number of rotatable bonds is 4. The summed E-state index contributed by atoms with van der Waals surface area (Å²) in [5.41, 5.74) is -0.959. The van der Waals surface area contributed by atoms with Crippen molar-refractivity contribution in [2.45, 2.75) is 12.2 Å². The topological polar surface area (TPSA) is 77.8 Å². The number of aliphatic hydroxyl groups is 2. The Morgan fingerprint density at radius 2 is 1.82 bits per heavy atom. The molecule has 2 unspecified atom stereocenters. The van der Waals surface area contributed by atoms with Crippen molar-refractivity contribution in [3.05, 3.63) is 34.9 Å². The molecule has 3 N–H and O–H groups in total. The molecule has 7 heteroatoms. The maximum absolute atomic E-state index is 13.0. The van der Waals surface area contributed by atoms with E-state index in [1.165, 1.54) is 0 Å². The molecule has 1 aromatic carbocycles. The zero-order chi connectivity index (χ0) is 13.2. The molecule has 2 atom stereocenters. The molecule has 0 amide bonds. The van der Waals surface area contributed by atoms with E-state index in [-0.39, 0.29) is 10.9 Å². The molecule has 0 radical (unpaired) electrons. The molecule has 0 bridgehead atoms. The van der Waals surface area contributed by atoms with Gasteiger partial charge in [-0.15, -0.1) is 0 Å². The van der Waals surface area contributed by atoms with Gasteiger partial charge in [-0.3, -0.25) is 0 Å². The number of aliphatic hydroxyl groups excluding tert-OH is 2. The van der Waals surface area contributed by atoms with E-state index < -0.39 is 35.4 Å². The quantitative estimate of drug-likeness (QED) is 0.736. The van der Waals surface area contributed by atoms with E-state index >= 15 is 0 Å². The minimum Gasteiger partial charge on any atom is -0.478 e. The highest BCUT2D eigenvalue weighted by Crippen LogP contribution is 2.25. The smallest absolute Gasteiger partial charge is 0.336 e. The fourth-order valence-corrected chi connectivity index (χ4v) is 1.64. The number of carbonyl (C=O) groups is 1. The summed E-state index contributed by atoms with van der Waals surface area (Å²) in [6, 6.07) is 1.03. The fourth-order valence-electron chi connectivity index (χ4n) is 1.28. The van der Waals surface area contributed by atoms with E-state index in [1.807, 2.05) is 0 Å². The van der Waals surface area contributed by atoms with Crippen LogP contribution in [0.4, 0.5) is 8.78 Å². The standard InChI is InChI=1S/C10H9BrF2O4/c11-3-8(14)9(15)4-1-6(12)7(13)2-5(4)10(16)17/h1-2,8-9,14-15H,3H2,(H,16,17). The Morgan fingerprint density at radius 1 is 1.29 bits per heavy atom. The minimum absolute atomic E-state index is 0.0355. The lowest BCUT2D eigenvalue weighted by molar-refractivity contribution is 0.0325. The summed E-state index contributed by atoms with van der Waals surface area (Å²) >= 11 is 2.88. The van der Waals surface area contributed by atoms with Crippen LogP contribution >= 0.6 is 15.9 Å². The number of carboxylic acids is 1. The molecule has 0 saturated heterocycles. The highest BCUT2D eigenvalue weighted by atomic mass is 79.9. The van der Waals surface area contributed by atoms with Gasteiger partial charge in [0.05, 0.1) is 11.7 Å². The number of carboxylic acid groups (broad SMARTS) is 1. The molecule has 0 aliphatic carbocycles. The van der Waals surface area contributed by atoms with Gasteiger partial charge in [0.2, 0.25) is 0 Å². The van der Waals surface area contributed by atoms with Crippen molar-refractivity contribution in [2.75, 3.05) is 5.33 Å². The first-order valence-corrected chi connectivity index (χ1v) is 5.65. The monoisotopic (exact) mass is 310 g/mol. The van der Waals surface area contributed by atoms with Crippen molar-refractivity contribution < 1.29 is 28.9 Å². The molecular weight excluding hydrogens is 302 g/mol. The van der Waals surface area contributed by atoms with Crippen LogP contribution in [0.25, 0.3) is 0 Å². The second kappa shape index (κ2) is 5.52. The third-order valence-electron chi connectivity index (χ3n) is 2.16. The molecule has 0 aliphatic rings. The summed E-state index contributed by atoms with van der Waals surface area (Å²) in [4.78, 5) is 10.8. The van der Waals surface area contributed by atoms with Gasteiger partial charge in [-0.25, -0.2) is 13.6 Å². The van der Waals surface area contributed by atoms with E-state index in [4.69, 9.17) is 5.11 Å².